The Morgan fingerprint density at radius 1 is 0.444 bits per heavy atom. The van der Waals surface area contributed by atoms with Crippen LogP contribution in [-0.2, 0) is 0 Å². The number of hydrogen-bond donors (Lipinski definition) is 0. The molecule has 8 rings (SSSR count). The molecule has 45 heavy (non-hydrogen) atoms. The molecule has 0 unspecified atom stereocenters. The Morgan fingerprint density at radius 3 is 1.91 bits per heavy atom. The number of aryl methyl sites for hydroxylation is 2. The van der Waals surface area contributed by atoms with Gasteiger partial charge in [-0.25, -0.2) is 4.98 Å². The zero-order valence-electron chi connectivity index (χ0n) is 25.4. The van der Waals surface area contributed by atoms with Gasteiger partial charge in [0, 0.05) is 17.3 Å². The molecule has 0 saturated heterocycles. The molecular weight excluding hydrogens is 544 g/mol. The van der Waals surface area contributed by atoms with E-state index in [1.807, 2.05) is 12.1 Å². The third kappa shape index (κ3) is 5.01. The van der Waals surface area contributed by atoms with Gasteiger partial charge in [0.2, 0.25) is 0 Å². The summed E-state index contributed by atoms with van der Waals surface area (Å²) in [7, 11) is 0. The molecule has 0 saturated carbocycles. The molecule has 0 aliphatic carbocycles. The minimum Gasteiger partial charge on any atom is -0.299 e. The fraction of sp³-hybridized carbons (Fsp3) is 0.0465. The summed E-state index contributed by atoms with van der Waals surface area (Å²) in [4.78, 5) is 5.03. The van der Waals surface area contributed by atoms with Crippen LogP contribution in [0.1, 0.15) is 11.1 Å². The SMILES string of the molecule is Cc1ccc(-c2cc(-c3ccc(-c4c(-c5ccccc5)nc5ccccn45)cc3)cc(-c3ccc4ccccc4c3)c2)c(C)c1. The highest BCUT2D eigenvalue weighted by Gasteiger charge is 2.16. The summed E-state index contributed by atoms with van der Waals surface area (Å²) in [5.74, 6) is 0. The largest absolute Gasteiger partial charge is 0.299 e. The second kappa shape index (κ2) is 11.1. The molecule has 2 nitrogen and oxygen atoms in total. The Kier molecular flexibility index (Phi) is 6.61. The van der Waals surface area contributed by atoms with Crippen molar-refractivity contribution in [3.05, 3.63) is 169 Å². The lowest BCUT2D eigenvalue weighted by Crippen LogP contribution is -1.91. The lowest BCUT2D eigenvalue weighted by Gasteiger charge is -2.14. The summed E-state index contributed by atoms with van der Waals surface area (Å²) >= 11 is 0. The molecule has 214 valence electrons. The fourth-order valence-electron chi connectivity index (χ4n) is 6.51. The maximum Gasteiger partial charge on any atom is 0.137 e. The van der Waals surface area contributed by atoms with Crippen molar-refractivity contribution >= 4 is 16.4 Å². The van der Waals surface area contributed by atoms with Crippen molar-refractivity contribution in [3.63, 3.8) is 0 Å². The lowest BCUT2D eigenvalue weighted by atomic mass is 9.90. The van der Waals surface area contributed by atoms with Crippen LogP contribution in [-0.4, -0.2) is 9.38 Å². The predicted octanol–water partition coefficient (Wildman–Crippen LogP) is 11.4. The quantitative estimate of drug-likeness (QED) is 0.199. The van der Waals surface area contributed by atoms with Crippen LogP contribution in [0, 0.1) is 13.8 Å². The van der Waals surface area contributed by atoms with Crippen molar-refractivity contribution < 1.29 is 0 Å². The Morgan fingerprint density at radius 2 is 1.11 bits per heavy atom. The van der Waals surface area contributed by atoms with Crippen molar-refractivity contribution in [2.24, 2.45) is 0 Å². The molecule has 0 N–H and O–H groups in total. The third-order valence-electron chi connectivity index (χ3n) is 8.78. The predicted molar refractivity (Wildman–Crippen MR) is 189 cm³/mol. The first-order valence-electron chi connectivity index (χ1n) is 15.5. The minimum absolute atomic E-state index is 0.941. The zero-order valence-corrected chi connectivity index (χ0v) is 25.4. The highest BCUT2D eigenvalue weighted by atomic mass is 15.0. The normalized spacial score (nSPS) is 11.3. The van der Waals surface area contributed by atoms with E-state index in [0.29, 0.717) is 0 Å². The van der Waals surface area contributed by atoms with Gasteiger partial charge in [0.1, 0.15) is 5.65 Å². The molecule has 0 fully saturated rings. The van der Waals surface area contributed by atoms with Gasteiger partial charge in [-0.3, -0.25) is 4.40 Å². The summed E-state index contributed by atoms with van der Waals surface area (Å²) in [5, 5.41) is 2.50. The van der Waals surface area contributed by atoms with Gasteiger partial charge in [-0.05, 0) is 100.0 Å². The van der Waals surface area contributed by atoms with Gasteiger partial charge in [-0.1, -0.05) is 121 Å². The Bertz CT molecular complexity index is 2330. The molecule has 0 aliphatic heterocycles. The maximum absolute atomic E-state index is 5.03. The first-order chi connectivity index (χ1) is 22.1. The molecule has 0 bridgehead atoms. The van der Waals surface area contributed by atoms with Crippen LogP contribution in [0.3, 0.4) is 0 Å². The second-order valence-corrected chi connectivity index (χ2v) is 11.9. The first-order valence-corrected chi connectivity index (χ1v) is 15.5. The number of imidazole rings is 1. The summed E-state index contributed by atoms with van der Waals surface area (Å²) in [6, 6.07) is 54.7. The second-order valence-electron chi connectivity index (χ2n) is 11.9. The molecular formula is C43H32N2. The van der Waals surface area contributed by atoms with Gasteiger partial charge in [0.05, 0.1) is 11.4 Å². The van der Waals surface area contributed by atoms with Crippen LogP contribution < -0.4 is 0 Å². The smallest absolute Gasteiger partial charge is 0.137 e. The van der Waals surface area contributed by atoms with Crippen LogP contribution in [0.4, 0.5) is 0 Å². The first kappa shape index (κ1) is 26.9. The minimum atomic E-state index is 0.941. The topological polar surface area (TPSA) is 17.3 Å². The van der Waals surface area contributed by atoms with E-state index in [1.54, 1.807) is 0 Å². The van der Waals surface area contributed by atoms with E-state index in [9.17, 15) is 0 Å². The number of fused-ring (bicyclic) bond motifs is 2. The molecule has 2 heterocycles. The molecule has 0 spiro atoms. The Hall–Kier alpha value is -5.73. The van der Waals surface area contributed by atoms with Crippen LogP contribution in [0.25, 0.3) is 72.3 Å². The molecule has 0 radical (unpaired) electrons. The van der Waals surface area contributed by atoms with Gasteiger partial charge in [0.25, 0.3) is 0 Å². The molecule has 6 aromatic carbocycles. The number of hydrogen-bond acceptors (Lipinski definition) is 1. The van der Waals surface area contributed by atoms with Gasteiger partial charge in [-0.2, -0.15) is 0 Å². The standard InChI is InChI=1S/C43H32N2/c1-29-15-22-40(30(2)24-29)39-27-37(26-38(28-39)36-21-18-31-10-6-7-13-35(31)25-36)32-16-19-34(20-17-32)43-42(33-11-4-3-5-12-33)44-41-14-8-9-23-45(41)43/h3-28H,1-2H3. The van der Waals surface area contributed by atoms with Crippen LogP contribution >= 0.6 is 0 Å². The average Bonchev–Trinajstić information content (AvgIpc) is 3.48. The van der Waals surface area contributed by atoms with Gasteiger partial charge in [0.15, 0.2) is 0 Å². The summed E-state index contributed by atoms with van der Waals surface area (Å²) in [6.07, 6.45) is 2.10. The van der Waals surface area contributed by atoms with Crippen LogP contribution in [0.2, 0.25) is 0 Å². The molecule has 0 aliphatic rings. The molecule has 0 atom stereocenters. The average molecular weight is 577 g/mol. The maximum atomic E-state index is 5.03. The van der Waals surface area contributed by atoms with Crippen molar-refractivity contribution in [1.82, 2.24) is 9.38 Å². The number of nitrogens with zero attached hydrogens (tertiary/aromatic N) is 2. The van der Waals surface area contributed by atoms with E-state index < -0.39 is 0 Å². The van der Waals surface area contributed by atoms with Crippen molar-refractivity contribution in [2.45, 2.75) is 13.8 Å². The van der Waals surface area contributed by atoms with Crippen molar-refractivity contribution in [3.8, 4) is 55.9 Å². The zero-order chi connectivity index (χ0) is 30.3. The van der Waals surface area contributed by atoms with E-state index in [-0.39, 0.29) is 0 Å². The van der Waals surface area contributed by atoms with Crippen molar-refractivity contribution in [2.75, 3.05) is 0 Å². The van der Waals surface area contributed by atoms with Gasteiger partial charge in [-0.15, -0.1) is 0 Å². The monoisotopic (exact) mass is 576 g/mol. The molecule has 2 aromatic heterocycles. The summed E-state index contributed by atoms with van der Waals surface area (Å²) < 4.78 is 2.19. The van der Waals surface area contributed by atoms with Gasteiger partial charge >= 0.3 is 0 Å². The fourth-order valence-corrected chi connectivity index (χ4v) is 6.51. The summed E-state index contributed by atoms with van der Waals surface area (Å²) in [6.45, 7) is 4.36. The van der Waals surface area contributed by atoms with Crippen LogP contribution in [0.5, 0.6) is 0 Å². The Balaban J connectivity index is 1.27. The van der Waals surface area contributed by atoms with E-state index >= 15 is 0 Å². The van der Waals surface area contributed by atoms with Gasteiger partial charge < -0.3 is 0 Å². The third-order valence-corrected chi connectivity index (χ3v) is 8.78. The van der Waals surface area contributed by atoms with Crippen molar-refractivity contribution in [1.29, 1.82) is 0 Å². The van der Waals surface area contributed by atoms with Crippen LogP contribution in [0.15, 0.2) is 158 Å². The molecule has 0 amide bonds. The summed E-state index contributed by atoms with van der Waals surface area (Å²) in [5.41, 5.74) is 15.1. The number of aromatic nitrogens is 2. The van der Waals surface area contributed by atoms with E-state index in [4.69, 9.17) is 4.98 Å². The lowest BCUT2D eigenvalue weighted by molar-refractivity contribution is 1.19. The number of rotatable bonds is 5. The van der Waals surface area contributed by atoms with E-state index in [0.717, 1.165) is 28.2 Å². The highest BCUT2D eigenvalue weighted by molar-refractivity contribution is 5.90. The van der Waals surface area contributed by atoms with E-state index in [2.05, 4.69) is 164 Å². The number of benzene rings is 6. The molecule has 8 aromatic rings. The van der Waals surface area contributed by atoms with E-state index in [1.165, 1.54) is 55.3 Å². The highest BCUT2D eigenvalue weighted by Crippen LogP contribution is 2.37. The molecule has 2 heteroatoms. The Labute approximate surface area is 263 Å². The number of pyridine rings is 1.